The standard InChI is InChI=1S/C11H9FN2O4/c1-6-13-14-10(18-6)5-17-7-2-3-8(11(15)16)9(12)4-7/h2-4H,5H2,1H3,(H,15,16). The minimum atomic E-state index is -1.33. The first kappa shape index (κ1) is 12.0. The van der Waals surface area contributed by atoms with E-state index in [4.69, 9.17) is 14.3 Å². The number of halogens is 1. The topological polar surface area (TPSA) is 85.5 Å². The van der Waals surface area contributed by atoms with Crippen molar-refractivity contribution in [3.63, 3.8) is 0 Å². The van der Waals surface area contributed by atoms with Gasteiger partial charge in [-0.1, -0.05) is 0 Å². The lowest BCUT2D eigenvalue weighted by Crippen LogP contribution is -2.02. The van der Waals surface area contributed by atoms with Gasteiger partial charge >= 0.3 is 5.97 Å². The minimum Gasteiger partial charge on any atom is -0.484 e. The molecule has 0 aliphatic heterocycles. The van der Waals surface area contributed by atoms with Crippen LogP contribution in [0.1, 0.15) is 22.1 Å². The Morgan fingerprint density at radius 3 is 2.83 bits per heavy atom. The van der Waals surface area contributed by atoms with Crippen molar-refractivity contribution in [2.45, 2.75) is 13.5 Å². The number of carboxylic acids is 1. The highest BCUT2D eigenvalue weighted by molar-refractivity contribution is 5.88. The highest BCUT2D eigenvalue weighted by Crippen LogP contribution is 2.17. The Morgan fingerprint density at radius 2 is 2.28 bits per heavy atom. The molecule has 2 rings (SSSR count). The maximum absolute atomic E-state index is 13.3. The molecule has 0 saturated carbocycles. The molecule has 1 aromatic carbocycles. The van der Waals surface area contributed by atoms with E-state index in [0.717, 1.165) is 12.1 Å². The van der Waals surface area contributed by atoms with Gasteiger partial charge in [0.2, 0.25) is 5.89 Å². The lowest BCUT2D eigenvalue weighted by Gasteiger charge is -2.04. The van der Waals surface area contributed by atoms with Crippen molar-refractivity contribution in [1.29, 1.82) is 0 Å². The van der Waals surface area contributed by atoms with Crippen LogP contribution in [-0.2, 0) is 6.61 Å². The Labute approximate surface area is 101 Å². The number of hydrogen-bond acceptors (Lipinski definition) is 5. The third-order valence-electron chi connectivity index (χ3n) is 2.10. The van der Waals surface area contributed by atoms with Gasteiger partial charge in [-0.05, 0) is 12.1 Å². The second-order valence-corrected chi connectivity index (χ2v) is 3.45. The summed E-state index contributed by atoms with van der Waals surface area (Å²) in [6, 6.07) is 3.48. The van der Waals surface area contributed by atoms with Crippen molar-refractivity contribution >= 4 is 5.97 Å². The predicted octanol–water partition coefficient (Wildman–Crippen LogP) is 1.79. The van der Waals surface area contributed by atoms with Crippen LogP contribution >= 0.6 is 0 Å². The van der Waals surface area contributed by atoms with Crippen LogP contribution in [-0.4, -0.2) is 21.3 Å². The van der Waals surface area contributed by atoms with E-state index in [1.165, 1.54) is 6.07 Å². The fourth-order valence-corrected chi connectivity index (χ4v) is 1.30. The van der Waals surface area contributed by atoms with E-state index >= 15 is 0 Å². The van der Waals surface area contributed by atoms with Gasteiger partial charge in [0.15, 0.2) is 6.61 Å². The van der Waals surface area contributed by atoms with Gasteiger partial charge in [0.25, 0.3) is 5.89 Å². The molecule has 0 atom stereocenters. The SMILES string of the molecule is Cc1nnc(COc2ccc(C(=O)O)c(F)c2)o1. The summed E-state index contributed by atoms with van der Waals surface area (Å²) in [5.74, 6) is -1.34. The van der Waals surface area contributed by atoms with E-state index in [9.17, 15) is 9.18 Å². The summed E-state index contributed by atoms with van der Waals surface area (Å²) < 4.78 is 23.6. The average Bonchev–Trinajstić information content (AvgIpc) is 2.72. The fraction of sp³-hybridized carbons (Fsp3) is 0.182. The van der Waals surface area contributed by atoms with Gasteiger partial charge in [-0.25, -0.2) is 9.18 Å². The number of rotatable bonds is 4. The summed E-state index contributed by atoms with van der Waals surface area (Å²) in [4.78, 5) is 10.6. The van der Waals surface area contributed by atoms with E-state index < -0.39 is 17.3 Å². The lowest BCUT2D eigenvalue weighted by atomic mass is 10.2. The maximum atomic E-state index is 13.3. The summed E-state index contributed by atoms with van der Waals surface area (Å²) >= 11 is 0. The molecular weight excluding hydrogens is 243 g/mol. The van der Waals surface area contributed by atoms with Crippen LogP contribution in [0.25, 0.3) is 0 Å². The number of aryl methyl sites for hydroxylation is 1. The fourth-order valence-electron chi connectivity index (χ4n) is 1.30. The van der Waals surface area contributed by atoms with Crippen molar-refractivity contribution in [3.8, 4) is 5.75 Å². The molecule has 1 aromatic heterocycles. The zero-order chi connectivity index (χ0) is 13.1. The van der Waals surface area contributed by atoms with Crippen molar-refractivity contribution < 1.29 is 23.4 Å². The number of ether oxygens (including phenoxy) is 1. The van der Waals surface area contributed by atoms with E-state index in [2.05, 4.69) is 10.2 Å². The van der Waals surface area contributed by atoms with Crippen molar-refractivity contribution in [3.05, 3.63) is 41.4 Å². The van der Waals surface area contributed by atoms with Crippen molar-refractivity contribution in [2.24, 2.45) is 0 Å². The summed E-state index contributed by atoms with van der Waals surface area (Å²) in [5, 5.41) is 16.0. The summed E-state index contributed by atoms with van der Waals surface area (Å²) in [6.45, 7) is 1.63. The van der Waals surface area contributed by atoms with Gasteiger partial charge in [0, 0.05) is 13.0 Å². The molecule has 0 aliphatic rings. The van der Waals surface area contributed by atoms with Crippen molar-refractivity contribution in [1.82, 2.24) is 10.2 Å². The van der Waals surface area contributed by atoms with E-state index in [-0.39, 0.29) is 18.2 Å². The number of carbonyl (C=O) groups is 1. The minimum absolute atomic E-state index is 0.00724. The first-order chi connectivity index (χ1) is 8.56. The Kier molecular flexibility index (Phi) is 3.22. The predicted molar refractivity (Wildman–Crippen MR) is 56.7 cm³/mol. The molecule has 1 heterocycles. The number of nitrogens with zero attached hydrogens (tertiary/aromatic N) is 2. The Bertz CT molecular complexity index is 582. The second kappa shape index (κ2) is 4.82. The molecule has 0 fully saturated rings. The monoisotopic (exact) mass is 252 g/mol. The maximum Gasteiger partial charge on any atom is 0.338 e. The normalized spacial score (nSPS) is 10.3. The number of carboxylic acid groups (broad SMARTS) is 1. The molecule has 0 unspecified atom stereocenters. The van der Waals surface area contributed by atoms with Crippen LogP contribution in [0.5, 0.6) is 5.75 Å². The smallest absolute Gasteiger partial charge is 0.338 e. The number of aromatic carboxylic acids is 1. The Morgan fingerprint density at radius 1 is 1.50 bits per heavy atom. The van der Waals surface area contributed by atoms with Gasteiger partial charge in [-0.3, -0.25) is 0 Å². The zero-order valence-electron chi connectivity index (χ0n) is 9.38. The van der Waals surface area contributed by atoms with Crippen LogP contribution in [0.3, 0.4) is 0 Å². The summed E-state index contributed by atoms with van der Waals surface area (Å²) in [5.41, 5.74) is -0.406. The summed E-state index contributed by atoms with van der Waals surface area (Å²) in [7, 11) is 0. The average molecular weight is 252 g/mol. The summed E-state index contributed by atoms with van der Waals surface area (Å²) in [6.07, 6.45) is 0. The Balaban J connectivity index is 2.06. The molecule has 0 saturated heterocycles. The number of benzene rings is 1. The molecule has 1 N–H and O–H groups in total. The third kappa shape index (κ3) is 2.62. The third-order valence-corrected chi connectivity index (χ3v) is 2.10. The molecular formula is C11H9FN2O4. The largest absolute Gasteiger partial charge is 0.484 e. The van der Waals surface area contributed by atoms with Gasteiger partial charge in [-0.15, -0.1) is 10.2 Å². The van der Waals surface area contributed by atoms with Crippen LogP contribution in [0.2, 0.25) is 0 Å². The quantitative estimate of drug-likeness (QED) is 0.892. The van der Waals surface area contributed by atoms with Crippen LogP contribution in [0.15, 0.2) is 22.6 Å². The first-order valence-corrected chi connectivity index (χ1v) is 5.01. The highest BCUT2D eigenvalue weighted by Gasteiger charge is 2.11. The van der Waals surface area contributed by atoms with E-state index in [1.807, 2.05) is 0 Å². The highest BCUT2D eigenvalue weighted by atomic mass is 19.1. The molecule has 7 heteroatoms. The first-order valence-electron chi connectivity index (χ1n) is 5.01. The Hall–Kier alpha value is -2.44. The van der Waals surface area contributed by atoms with Gasteiger partial charge in [0.05, 0.1) is 5.56 Å². The van der Waals surface area contributed by atoms with Gasteiger partial charge in [0.1, 0.15) is 11.6 Å². The molecule has 0 amide bonds. The van der Waals surface area contributed by atoms with Crippen LogP contribution in [0.4, 0.5) is 4.39 Å². The number of hydrogen-bond donors (Lipinski definition) is 1. The van der Waals surface area contributed by atoms with Gasteiger partial charge in [-0.2, -0.15) is 0 Å². The molecule has 0 spiro atoms. The van der Waals surface area contributed by atoms with Crippen molar-refractivity contribution in [2.75, 3.05) is 0 Å². The van der Waals surface area contributed by atoms with Crippen LogP contribution in [0, 0.1) is 12.7 Å². The molecule has 2 aromatic rings. The second-order valence-electron chi connectivity index (χ2n) is 3.45. The molecule has 6 nitrogen and oxygen atoms in total. The lowest BCUT2D eigenvalue weighted by molar-refractivity contribution is 0.0691. The molecule has 0 aliphatic carbocycles. The molecule has 0 bridgehead atoms. The van der Waals surface area contributed by atoms with Crippen LogP contribution < -0.4 is 4.74 Å². The zero-order valence-corrected chi connectivity index (χ0v) is 9.38. The van der Waals surface area contributed by atoms with E-state index in [0.29, 0.717) is 5.89 Å². The van der Waals surface area contributed by atoms with Gasteiger partial charge < -0.3 is 14.3 Å². The molecule has 18 heavy (non-hydrogen) atoms. The molecule has 94 valence electrons. The van der Waals surface area contributed by atoms with E-state index in [1.54, 1.807) is 6.92 Å². The molecule has 0 radical (unpaired) electrons. The number of aromatic nitrogens is 2.